The molecule has 3 nitrogen and oxygen atoms in total. The van der Waals surface area contributed by atoms with Gasteiger partial charge in [-0.1, -0.05) is 18.2 Å². The third-order valence-corrected chi connectivity index (χ3v) is 3.48. The van der Waals surface area contributed by atoms with Crippen LogP contribution in [0.2, 0.25) is 0 Å². The molecule has 6 heteroatoms. The summed E-state index contributed by atoms with van der Waals surface area (Å²) in [5.41, 5.74) is 5.52. The second kappa shape index (κ2) is 6.11. The smallest absolute Gasteiger partial charge is 0.374 e. The van der Waals surface area contributed by atoms with Crippen molar-refractivity contribution < 1.29 is 17.9 Å². The van der Waals surface area contributed by atoms with Crippen LogP contribution in [0.5, 0.6) is 0 Å². The maximum Gasteiger partial charge on any atom is 0.416 e. The summed E-state index contributed by atoms with van der Waals surface area (Å²) in [6.07, 6.45) is -4.44. The standard InChI is InChI=1S/C14H19F3N2O/c1-10(18)13-9-19(6-7-20-13)8-11-4-2-3-5-12(11)14(15,16)17/h2-5,10,13H,6-9,18H2,1H3. The van der Waals surface area contributed by atoms with Gasteiger partial charge in [-0.05, 0) is 18.6 Å². The van der Waals surface area contributed by atoms with E-state index in [-0.39, 0.29) is 18.7 Å². The van der Waals surface area contributed by atoms with Crippen LogP contribution in [-0.2, 0) is 17.5 Å². The number of halogens is 3. The zero-order valence-electron chi connectivity index (χ0n) is 11.4. The van der Waals surface area contributed by atoms with Gasteiger partial charge in [-0.15, -0.1) is 0 Å². The molecule has 1 fully saturated rings. The summed E-state index contributed by atoms with van der Waals surface area (Å²) in [5, 5.41) is 0. The molecule has 1 heterocycles. The van der Waals surface area contributed by atoms with Crippen LogP contribution in [0.25, 0.3) is 0 Å². The molecule has 112 valence electrons. The van der Waals surface area contributed by atoms with E-state index >= 15 is 0 Å². The molecule has 2 atom stereocenters. The lowest BCUT2D eigenvalue weighted by Crippen LogP contribution is -2.49. The normalized spacial score (nSPS) is 22.8. The van der Waals surface area contributed by atoms with Gasteiger partial charge in [0.1, 0.15) is 0 Å². The fourth-order valence-corrected chi connectivity index (χ4v) is 2.37. The van der Waals surface area contributed by atoms with E-state index in [1.54, 1.807) is 6.07 Å². The van der Waals surface area contributed by atoms with Crippen molar-refractivity contribution >= 4 is 0 Å². The fourth-order valence-electron chi connectivity index (χ4n) is 2.37. The van der Waals surface area contributed by atoms with Gasteiger partial charge in [0.05, 0.1) is 18.3 Å². The van der Waals surface area contributed by atoms with Crippen LogP contribution in [-0.4, -0.2) is 36.7 Å². The Labute approximate surface area is 116 Å². The number of rotatable bonds is 3. The number of nitrogens with two attached hydrogens (primary N) is 1. The van der Waals surface area contributed by atoms with Gasteiger partial charge in [-0.2, -0.15) is 13.2 Å². The van der Waals surface area contributed by atoms with E-state index in [1.165, 1.54) is 12.1 Å². The van der Waals surface area contributed by atoms with Gasteiger partial charge >= 0.3 is 6.18 Å². The van der Waals surface area contributed by atoms with Crippen LogP contribution in [0, 0.1) is 0 Å². The number of hydrogen-bond acceptors (Lipinski definition) is 3. The van der Waals surface area contributed by atoms with Gasteiger partial charge in [0.15, 0.2) is 0 Å². The molecule has 1 saturated heterocycles. The summed E-state index contributed by atoms with van der Waals surface area (Å²) < 4.78 is 44.3. The molecule has 0 amide bonds. The van der Waals surface area contributed by atoms with E-state index in [1.807, 2.05) is 11.8 Å². The minimum Gasteiger partial charge on any atom is -0.374 e. The number of morpholine rings is 1. The minimum absolute atomic E-state index is 0.123. The molecule has 2 rings (SSSR count). The summed E-state index contributed by atoms with van der Waals surface area (Å²) in [6.45, 7) is 3.79. The first-order valence-electron chi connectivity index (χ1n) is 6.62. The molecule has 0 aliphatic carbocycles. The van der Waals surface area contributed by atoms with Crippen LogP contribution >= 0.6 is 0 Å². The van der Waals surface area contributed by atoms with E-state index in [0.29, 0.717) is 25.3 Å². The average molecular weight is 288 g/mol. The molecule has 1 aromatic carbocycles. The van der Waals surface area contributed by atoms with Gasteiger partial charge in [0.2, 0.25) is 0 Å². The quantitative estimate of drug-likeness (QED) is 0.927. The third kappa shape index (κ3) is 3.71. The highest BCUT2D eigenvalue weighted by Crippen LogP contribution is 2.32. The Bertz CT molecular complexity index is 448. The Kier molecular flexibility index (Phi) is 4.67. The molecule has 0 spiro atoms. The van der Waals surface area contributed by atoms with Crippen LogP contribution < -0.4 is 5.73 Å². The molecule has 2 N–H and O–H groups in total. The number of benzene rings is 1. The minimum atomic E-state index is -4.32. The summed E-state index contributed by atoms with van der Waals surface area (Å²) in [4.78, 5) is 1.96. The highest BCUT2D eigenvalue weighted by molar-refractivity contribution is 5.29. The highest BCUT2D eigenvalue weighted by Gasteiger charge is 2.33. The van der Waals surface area contributed by atoms with E-state index in [2.05, 4.69) is 0 Å². The number of hydrogen-bond donors (Lipinski definition) is 1. The molecular weight excluding hydrogens is 269 g/mol. The van der Waals surface area contributed by atoms with Crippen LogP contribution in [0.3, 0.4) is 0 Å². The van der Waals surface area contributed by atoms with Crippen molar-refractivity contribution in [3.63, 3.8) is 0 Å². The SMILES string of the molecule is CC(N)C1CN(Cc2ccccc2C(F)(F)F)CCO1. The Hall–Kier alpha value is -1.11. The molecular formula is C14H19F3N2O. The number of nitrogens with zero attached hydrogens (tertiary/aromatic N) is 1. The van der Waals surface area contributed by atoms with E-state index in [9.17, 15) is 13.2 Å². The lowest BCUT2D eigenvalue weighted by molar-refractivity contribution is -0.138. The molecule has 1 aliphatic heterocycles. The predicted molar refractivity (Wildman–Crippen MR) is 70.1 cm³/mol. The largest absolute Gasteiger partial charge is 0.416 e. The Morgan fingerprint density at radius 3 is 2.75 bits per heavy atom. The van der Waals surface area contributed by atoms with Crippen LogP contribution in [0.1, 0.15) is 18.1 Å². The zero-order chi connectivity index (χ0) is 14.8. The summed E-state index contributed by atoms with van der Waals surface area (Å²) in [6, 6.07) is 5.57. The van der Waals surface area contributed by atoms with Crippen LogP contribution in [0.4, 0.5) is 13.2 Å². The van der Waals surface area contributed by atoms with Crippen molar-refractivity contribution in [3.05, 3.63) is 35.4 Å². The van der Waals surface area contributed by atoms with Crippen molar-refractivity contribution in [1.82, 2.24) is 4.90 Å². The molecule has 1 aromatic rings. The summed E-state index contributed by atoms with van der Waals surface area (Å²) in [7, 11) is 0. The Morgan fingerprint density at radius 1 is 1.40 bits per heavy atom. The number of ether oxygens (including phenoxy) is 1. The Morgan fingerprint density at radius 2 is 2.10 bits per heavy atom. The molecule has 0 saturated carbocycles. The third-order valence-electron chi connectivity index (χ3n) is 3.48. The lowest BCUT2D eigenvalue weighted by atomic mass is 10.1. The average Bonchev–Trinajstić information content (AvgIpc) is 2.38. The predicted octanol–water partition coefficient (Wildman–Crippen LogP) is 2.25. The van der Waals surface area contributed by atoms with Crippen molar-refractivity contribution in [3.8, 4) is 0 Å². The van der Waals surface area contributed by atoms with Crippen molar-refractivity contribution in [2.24, 2.45) is 5.73 Å². The second-order valence-electron chi connectivity index (χ2n) is 5.16. The van der Waals surface area contributed by atoms with E-state index in [4.69, 9.17) is 10.5 Å². The topological polar surface area (TPSA) is 38.5 Å². The second-order valence-corrected chi connectivity index (χ2v) is 5.16. The van der Waals surface area contributed by atoms with Gasteiger partial charge < -0.3 is 10.5 Å². The molecule has 2 unspecified atom stereocenters. The zero-order valence-corrected chi connectivity index (χ0v) is 11.4. The molecule has 0 bridgehead atoms. The van der Waals surface area contributed by atoms with E-state index in [0.717, 1.165) is 6.07 Å². The fraction of sp³-hybridized carbons (Fsp3) is 0.571. The molecule has 20 heavy (non-hydrogen) atoms. The van der Waals surface area contributed by atoms with E-state index < -0.39 is 11.7 Å². The first-order valence-corrected chi connectivity index (χ1v) is 6.62. The number of alkyl halides is 3. The molecule has 0 radical (unpaired) electrons. The van der Waals surface area contributed by atoms with Gasteiger partial charge in [-0.3, -0.25) is 4.90 Å². The maximum atomic E-state index is 12.9. The maximum absolute atomic E-state index is 12.9. The molecule has 0 aromatic heterocycles. The summed E-state index contributed by atoms with van der Waals surface area (Å²) in [5.74, 6) is 0. The van der Waals surface area contributed by atoms with Gasteiger partial charge in [0.25, 0.3) is 0 Å². The monoisotopic (exact) mass is 288 g/mol. The van der Waals surface area contributed by atoms with Gasteiger partial charge in [0, 0.05) is 25.7 Å². The Balaban J connectivity index is 2.10. The van der Waals surface area contributed by atoms with Crippen molar-refractivity contribution in [2.75, 3.05) is 19.7 Å². The molecule has 1 aliphatic rings. The van der Waals surface area contributed by atoms with Crippen LogP contribution in [0.15, 0.2) is 24.3 Å². The van der Waals surface area contributed by atoms with Crippen molar-refractivity contribution in [1.29, 1.82) is 0 Å². The summed E-state index contributed by atoms with van der Waals surface area (Å²) >= 11 is 0. The first-order chi connectivity index (χ1) is 9.38. The van der Waals surface area contributed by atoms with Crippen molar-refractivity contribution in [2.45, 2.75) is 31.8 Å². The van der Waals surface area contributed by atoms with Gasteiger partial charge in [-0.25, -0.2) is 0 Å². The first kappa shape index (κ1) is 15.3. The highest BCUT2D eigenvalue weighted by atomic mass is 19.4. The lowest BCUT2D eigenvalue weighted by Gasteiger charge is -2.35.